The number of para-hydroxylation sites is 1. The van der Waals surface area contributed by atoms with Crippen LogP contribution in [0.2, 0.25) is 0 Å². The van der Waals surface area contributed by atoms with Crippen LogP contribution < -0.4 is 14.9 Å². The molecular weight excluding hydrogens is 685 g/mol. The van der Waals surface area contributed by atoms with E-state index in [4.69, 9.17) is 21.4 Å². The Kier molecular flexibility index (Phi) is 10.3. The fourth-order valence-corrected chi connectivity index (χ4v) is 14.4. The molecule has 0 fully saturated rings. The van der Waals surface area contributed by atoms with Gasteiger partial charge in [-0.05, 0) is 0 Å². The van der Waals surface area contributed by atoms with Gasteiger partial charge in [0.15, 0.2) is 0 Å². The number of halogens is 2. The molecule has 2 aromatic carbocycles. The molecule has 4 unspecified atom stereocenters. The molecule has 0 saturated heterocycles. The molecule has 0 saturated carbocycles. The number of nitrogens with zero attached hydrogens (tertiary/aromatic N) is 1. The Bertz CT molecular complexity index is 1010. The van der Waals surface area contributed by atoms with Gasteiger partial charge in [-0.2, -0.15) is 0 Å². The maximum absolute atomic E-state index is 6.81. The summed E-state index contributed by atoms with van der Waals surface area (Å²) in [4.78, 5) is 2.23. The molecule has 0 N–H and O–H groups in total. The molecule has 3 rings (SSSR count). The third-order valence-electron chi connectivity index (χ3n) is 7.58. The summed E-state index contributed by atoms with van der Waals surface area (Å²) >= 11 is -2.95. The van der Waals surface area contributed by atoms with Crippen LogP contribution in [0.3, 0.4) is 0 Å². The van der Waals surface area contributed by atoms with Crippen LogP contribution >= 0.6 is 25.2 Å². The standard InChI is InChI=1S/C29H43NOP.2ClH.Tl/c1-9-13-21(3)20-28(5,6)23-18-22(4)19-24-27(23)31-17-16-29(24,10-2)32-26-15-12-11-14-25(26)30(7)8;;;/h11-12,14-15,17-19,21,32H,9-10,13,16,20H2,1-8H3;2*1H;/q;;;+2/p-2. The van der Waals surface area contributed by atoms with Crippen molar-refractivity contribution in [1.29, 1.82) is 0 Å². The molecule has 2 nitrogen and oxygen atoms in total. The molecule has 2 aromatic rings. The molecule has 0 spiro atoms. The van der Waals surface area contributed by atoms with Crippen LogP contribution in [0.5, 0.6) is 5.75 Å². The second kappa shape index (κ2) is 12.2. The monoisotopic (exact) mass is 727 g/mol. The van der Waals surface area contributed by atoms with E-state index in [9.17, 15) is 0 Å². The van der Waals surface area contributed by atoms with Gasteiger partial charge < -0.3 is 0 Å². The van der Waals surface area contributed by atoms with Crippen molar-refractivity contribution in [2.75, 3.05) is 19.0 Å². The Morgan fingerprint density at radius 1 is 1.20 bits per heavy atom. The average molecular weight is 728 g/mol. The predicted molar refractivity (Wildman–Crippen MR) is 160 cm³/mol. The van der Waals surface area contributed by atoms with Crippen molar-refractivity contribution in [2.24, 2.45) is 5.92 Å². The van der Waals surface area contributed by atoms with E-state index in [2.05, 4.69) is 96.9 Å². The summed E-state index contributed by atoms with van der Waals surface area (Å²) in [6.07, 6.45) is 5.59. The van der Waals surface area contributed by atoms with Crippen LogP contribution in [-0.4, -0.2) is 38.0 Å². The molecule has 0 radical (unpaired) electrons. The number of aryl methyl sites for hydroxylation is 1. The Labute approximate surface area is 231 Å². The number of hydrogen-bond acceptors (Lipinski definition) is 2. The molecule has 0 aromatic heterocycles. The van der Waals surface area contributed by atoms with Gasteiger partial charge >= 0.3 is 233 Å². The zero-order chi connectivity index (χ0) is 26.0. The van der Waals surface area contributed by atoms with E-state index in [1.54, 1.807) is 0 Å². The molecule has 0 aliphatic carbocycles. The quantitative estimate of drug-likeness (QED) is 0.180. The third-order valence-corrected chi connectivity index (χ3v) is 18.1. The first-order valence-corrected chi connectivity index (χ1v) is 27.7. The fourth-order valence-electron chi connectivity index (χ4n) is 5.89. The van der Waals surface area contributed by atoms with Crippen molar-refractivity contribution in [3.8, 4) is 5.75 Å². The van der Waals surface area contributed by atoms with Gasteiger partial charge in [-0.15, -0.1) is 0 Å². The van der Waals surface area contributed by atoms with Crippen molar-refractivity contribution in [2.45, 2.75) is 87.9 Å². The minimum absolute atomic E-state index is 0.00452. The van der Waals surface area contributed by atoms with Crippen LogP contribution in [0, 0.1) is 12.8 Å². The summed E-state index contributed by atoms with van der Waals surface area (Å²) in [5.74, 6) is 1.76. The molecule has 1 heterocycles. The summed E-state index contributed by atoms with van der Waals surface area (Å²) in [5.41, 5.74) is 5.34. The van der Waals surface area contributed by atoms with Crippen molar-refractivity contribution in [3.05, 3.63) is 53.1 Å². The summed E-state index contributed by atoms with van der Waals surface area (Å²) in [6, 6.07) is 13.6. The molecule has 0 amide bonds. The van der Waals surface area contributed by atoms with Gasteiger partial charge in [-0.25, -0.2) is 0 Å². The van der Waals surface area contributed by atoms with E-state index in [1.807, 2.05) is 0 Å². The van der Waals surface area contributed by atoms with Crippen molar-refractivity contribution < 1.29 is 4.74 Å². The van der Waals surface area contributed by atoms with Crippen molar-refractivity contribution in [1.82, 2.24) is 0 Å². The topological polar surface area (TPSA) is 12.5 Å². The Morgan fingerprint density at radius 2 is 1.89 bits per heavy atom. The average Bonchev–Trinajstić information content (AvgIpc) is 2.78. The van der Waals surface area contributed by atoms with Crippen LogP contribution in [-0.2, 0) is 10.6 Å². The predicted octanol–water partition coefficient (Wildman–Crippen LogP) is 8.43. The molecule has 1 aliphatic rings. The first kappa shape index (κ1) is 29.5. The Morgan fingerprint density at radius 3 is 2.49 bits per heavy atom. The summed E-state index contributed by atoms with van der Waals surface area (Å²) in [7, 11) is 18.4. The van der Waals surface area contributed by atoms with Crippen molar-refractivity contribution >= 4 is 56.5 Å². The van der Waals surface area contributed by atoms with E-state index in [-0.39, 0.29) is 14.2 Å². The van der Waals surface area contributed by atoms with Gasteiger partial charge in [0.25, 0.3) is 0 Å². The number of ether oxygens (including phenoxy) is 1. The van der Waals surface area contributed by atoms with E-state index in [0.29, 0.717) is 14.5 Å². The molecule has 1 aliphatic heterocycles. The fraction of sp³-hybridized carbons (Fsp3) is 0.586. The van der Waals surface area contributed by atoms with Gasteiger partial charge in [0.05, 0.1) is 0 Å². The molecule has 0 bridgehead atoms. The van der Waals surface area contributed by atoms with Gasteiger partial charge in [0.1, 0.15) is 0 Å². The van der Waals surface area contributed by atoms with Gasteiger partial charge in [0.2, 0.25) is 0 Å². The van der Waals surface area contributed by atoms with E-state index in [1.165, 1.54) is 40.5 Å². The van der Waals surface area contributed by atoms with Gasteiger partial charge in [-0.1, -0.05) is 0 Å². The summed E-state index contributed by atoms with van der Waals surface area (Å²) in [6.45, 7) is 14.0. The first-order chi connectivity index (χ1) is 16.4. The molecule has 4 atom stereocenters. The third kappa shape index (κ3) is 6.70. The van der Waals surface area contributed by atoms with E-state index < -0.39 is 20.3 Å². The van der Waals surface area contributed by atoms with Gasteiger partial charge in [-0.3, -0.25) is 0 Å². The Balaban J connectivity index is 2.20. The number of anilines is 1. The number of fused-ring (bicyclic) bond motifs is 1. The molecule has 35 heavy (non-hydrogen) atoms. The second-order valence-corrected chi connectivity index (χ2v) is 28.8. The van der Waals surface area contributed by atoms with Gasteiger partial charge in [0, 0.05) is 0 Å². The van der Waals surface area contributed by atoms with Crippen molar-refractivity contribution in [3.63, 3.8) is 0 Å². The van der Waals surface area contributed by atoms with Crippen LogP contribution in [0.1, 0.15) is 83.4 Å². The first-order valence-electron chi connectivity index (χ1n) is 13.1. The second-order valence-electron chi connectivity index (χ2n) is 11.3. The normalized spacial score (nSPS) is 21.0. The minimum atomic E-state index is -2.95. The number of rotatable bonds is 10. The summed E-state index contributed by atoms with van der Waals surface area (Å²) < 4.78 is 6.80. The van der Waals surface area contributed by atoms with E-state index in [0.717, 1.165) is 25.0 Å². The molecule has 6 heteroatoms. The summed E-state index contributed by atoms with van der Waals surface area (Å²) in [5, 5.41) is 1.39. The van der Waals surface area contributed by atoms with Crippen LogP contribution in [0.4, 0.5) is 5.69 Å². The molecule has 192 valence electrons. The molecular formula is C29H43Cl2NOPTl. The van der Waals surface area contributed by atoms with Crippen LogP contribution in [0.25, 0.3) is 0 Å². The maximum atomic E-state index is 6.81. The SMILES string of the molecule is CCCC(C)CC(C)(C)c1cc(C)cc2c1O[CH]([Tl]([Cl])[Cl])CC2(CC)Pc1ccccc1N(C)C. The number of hydrogen-bond donors (Lipinski definition) is 0. The number of benzene rings is 2. The zero-order valence-corrected chi connectivity index (χ0v) is 29.8. The Hall–Kier alpha value is -0.0279. The zero-order valence-electron chi connectivity index (χ0n) is 22.8. The van der Waals surface area contributed by atoms with Crippen LogP contribution in [0.15, 0.2) is 36.4 Å². The van der Waals surface area contributed by atoms with E-state index >= 15 is 0 Å².